The van der Waals surface area contributed by atoms with Crippen LogP contribution in [-0.4, -0.2) is 37.2 Å². The minimum absolute atomic E-state index is 0.142. The van der Waals surface area contributed by atoms with E-state index in [-0.39, 0.29) is 50.4 Å². The molecule has 0 heterocycles. The van der Waals surface area contributed by atoms with Crippen LogP contribution in [0.25, 0.3) is 0 Å². The first-order chi connectivity index (χ1) is 29.0. The van der Waals surface area contributed by atoms with Crippen molar-refractivity contribution >= 4 is 17.9 Å². The minimum atomic E-state index is -0.843. The molecule has 0 saturated heterocycles. The van der Waals surface area contributed by atoms with Crippen LogP contribution in [0.15, 0.2) is 158 Å². The van der Waals surface area contributed by atoms with E-state index in [0.29, 0.717) is 19.3 Å². The molecule has 0 aromatic carbocycles. The van der Waals surface area contributed by atoms with Crippen molar-refractivity contribution in [3.05, 3.63) is 158 Å². The van der Waals surface area contributed by atoms with Crippen molar-refractivity contribution in [3.8, 4) is 0 Å². The lowest BCUT2D eigenvalue weighted by atomic mass is 10.1. The lowest BCUT2D eigenvalue weighted by molar-refractivity contribution is -0.167. The van der Waals surface area contributed by atoms with Gasteiger partial charge in [-0.1, -0.05) is 192 Å². The fraction of sp³-hybridized carbons (Fsp3) is 0.453. The van der Waals surface area contributed by atoms with Crippen LogP contribution in [0.2, 0.25) is 0 Å². The molecule has 0 aliphatic carbocycles. The third-order valence-electron chi connectivity index (χ3n) is 8.26. The Hall–Kier alpha value is -4.97. The molecule has 6 nitrogen and oxygen atoms in total. The maximum absolute atomic E-state index is 12.7. The summed E-state index contributed by atoms with van der Waals surface area (Å²) in [6, 6.07) is 0. The second-order valence-electron chi connectivity index (χ2n) is 13.7. The standard InChI is InChI=1S/C53H76O6/c1-4-7-10-13-16-19-22-24-25-26-27-29-31-34-37-40-43-46-52(55)58-49-50(48-57-51(54)45-42-39-36-33-30-21-18-15-12-9-6-3)59-53(56)47-44-41-38-35-32-28-23-20-17-14-11-8-5-2/h7-14,16-29,31-33,36,50H,4-6,15,30,34-35,37-49H2,1-3H3/b10-7-,11-8-,12-9-,16-13-,17-14-,21-18-,22-19-,23-20-,25-24-,27-26+,31-29-,32-28-,36-33-. The molecule has 0 fully saturated rings. The summed E-state index contributed by atoms with van der Waals surface area (Å²) in [5.41, 5.74) is 0. The monoisotopic (exact) mass is 809 g/mol. The lowest BCUT2D eigenvalue weighted by Crippen LogP contribution is -2.30. The molecule has 0 aromatic heterocycles. The number of rotatable bonds is 36. The number of carbonyl (C=O) groups excluding carboxylic acids is 3. The zero-order valence-electron chi connectivity index (χ0n) is 36.7. The van der Waals surface area contributed by atoms with Crippen molar-refractivity contribution < 1.29 is 28.6 Å². The summed E-state index contributed by atoms with van der Waals surface area (Å²) in [6.07, 6.45) is 66.6. The first-order valence-electron chi connectivity index (χ1n) is 22.1. The number of allylic oxidation sites excluding steroid dienone is 26. The van der Waals surface area contributed by atoms with Gasteiger partial charge in [0, 0.05) is 19.3 Å². The van der Waals surface area contributed by atoms with Crippen molar-refractivity contribution in [2.75, 3.05) is 13.2 Å². The van der Waals surface area contributed by atoms with Gasteiger partial charge >= 0.3 is 17.9 Å². The van der Waals surface area contributed by atoms with E-state index in [9.17, 15) is 14.4 Å². The number of unbranched alkanes of at least 4 members (excludes halogenated alkanes) is 7. The average molecular weight is 809 g/mol. The molecule has 0 amide bonds. The smallest absolute Gasteiger partial charge is 0.306 e. The maximum Gasteiger partial charge on any atom is 0.306 e. The van der Waals surface area contributed by atoms with Crippen molar-refractivity contribution in [2.24, 2.45) is 0 Å². The predicted molar refractivity (Wildman–Crippen MR) is 251 cm³/mol. The van der Waals surface area contributed by atoms with E-state index >= 15 is 0 Å². The SMILES string of the molecule is CC\C=C/C=C\C=C/C=C\C=C\C=C/CCCCCC(=O)OCC(COC(=O)CCC/C=C\C/C=C\C/C=C\CC)OC(=O)CCCCC\C=C/C=C\C=C/C=C\CC. The fourth-order valence-corrected chi connectivity index (χ4v) is 5.03. The van der Waals surface area contributed by atoms with Gasteiger partial charge in [0.05, 0.1) is 0 Å². The van der Waals surface area contributed by atoms with E-state index in [2.05, 4.69) is 81.5 Å². The van der Waals surface area contributed by atoms with Gasteiger partial charge in [0.1, 0.15) is 13.2 Å². The van der Waals surface area contributed by atoms with Gasteiger partial charge in [-0.05, 0) is 83.5 Å². The van der Waals surface area contributed by atoms with Gasteiger partial charge in [-0.15, -0.1) is 0 Å². The maximum atomic E-state index is 12.7. The Balaban J connectivity index is 4.65. The Morgan fingerprint density at radius 2 is 0.712 bits per heavy atom. The molecule has 0 N–H and O–H groups in total. The van der Waals surface area contributed by atoms with Crippen LogP contribution >= 0.6 is 0 Å². The zero-order chi connectivity index (χ0) is 43.0. The molecular weight excluding hydrogens is 733 g/mol. The van der Waals surface area contributed by atoms with Gasteiger partial charge in [0.2, 0.25) is 0 Å². The van der Waals surface area contributed by atoms with Gasteiger partial charge in [-0.3, -0.25) is 14.4 Å². The molecule has 0 rings (SSSR count). The first kappa shape index (κ1) is 54.0. The summed E-state index contributed by atoms with van der Waals surface area (Å²) in [6.45, 7) is 6.05. The van der Waals surface area contributed by atoms with Gasteiger partial charge in [0.15, 0.2) is 6.10 Å². The molecule has 0 aromatic rings. The highest BCUT2D eigenvalue weighted by Gasteiger charge is 2.19. The first-order valence-corrected chi connectivity index (χ1v) is 22.1. The van der Waals surface area contributed by atoms with Crippen molar-refractivity contribution in [1.29, 1.82) is 0 Å². The Kier molecular flexibility index (Phi) is 41.9. The Bertz CT molecular complexity index is 1440. The molecule has 0 radical (unpaired) electrons. The lowest BCUT2D eigenvalue weighted by Gasteiger charge is -2.18. The predicted octanol–water partition coefficient (Wildman–Crippen LogP) is 14.3. The molecule has 0 bridgehead atoms. The molecule has 59 heavy (non-hydrogen) atoms. The normalized spacial score (nSPS) is 13.6. The second kappa shape index (κ2) is 45.7. The van der Waals surface area contributed by atoms with Crippen LogP contribution in [0.4, 0.5) is 0 Å². The highest BCUT2D eigenvalue weighted by Crippen LogP contribution is 2.10. The summed E-state index contributed by atoms with van der Waals surface area (Å²) in [5.74, 6) is -1.10. The number of hydrogen-bond donors (Lipinski definition) is 0. The fourth-order valence-electron chi connectivity index (χ4n) is 5.03. The number of esters is 3. The van der Waals surface area contributed by atoms with Crippen molar-refractivity contribution in [3.63, 3.8) is 0 Å². The Morgan fingerprint density at radius 3 is 1.17 bits per heavy atom. The summed E-state index contributed by atoms with van der Waals surface area (Å²) >= 11 is 0. The molecule has 1 atom stereocenters. The molecule has 324 valence electrons. The largest absolute Gasteiger partial charge is 0.462 e. The molecule has 0 saturated carbocycles. The second-order valence-corrected chi connectivity index (χ2v) is 13.7. The van der Waals surface area contributed by atoms with Gasteiger partial charge in [0.25, 0.3) is 0 Å². The topological polar surface area (TPSA) is 78.9 Å². The molecule has 0 aliphatic heterocycles. The molecule has 0 aliphatic rings. The molecular formula is C53H76O6. The van der Waals surface area contributed by atoms with Crippen LogP contribution in [0.5, 0.6) is 0 Å². The number of carbonyl (C=O) groups is 3. The molecule has 6 heteroatoms. The Labute approximate surface area is 359 Å². The van der Waals surface area contributed by atoms with Crippen LogP contribution in [-0.2, 0) is 28.6 Å². The summed E-state index contributed by atoms with van der Waals surface area (Å²) < 4.78 is 16.6. The minimum Gasteiger partial charge on any atom is -0.462 e. The highest BCUT2D eigenvalue weighted by atomic mass is 16.6. The average Bonchev–Trinajstić information content (AvgIpc) is 3.23. The number of ether oxygens (including phenoxy) is 3. The summed E-state index contributed by atoms with van der Waals surface area (Å²) in [4.78, 5) is 37.7. The number of hydrogen-bond acceptors (Lipinski definition) is 6. The summed E-state index contributed by atoms with van der Waals surface area (Å²) in [7, 11) is 0. The zero-order valence-corrected chi connectivity index (χ0v) is 36.7. The van der Waals surface area contributed by atoms with Gasteiger partial charge < -0.3 is 14.2 Å². The van der Waals surface area contributed by atoms with E-state index in [1.54, 1.807) is 0 Å². The van der Waals surface area contributed by atoms with E-state index in [0.717, 1.165) is 77.0 Å². The van der Waals surface area contributed by atoms with E-state index < -0.39 is 6.10 Å². The quantitative estimate of drug-likeness (QED) is 0.0206. The van der Waals surface area contributed by atoms with Crippen molar-refractivity contribution in [2.45, 2.75) is 142 Å². The van der Waals surface area contributed by atoms with Crippen LogP contribution in [0.3, 0.4) is 0 Å². The molecule has 0 spiro atoms. The summed E-state index contributed by atoms with van der Waals surface area (Å²) in [5, 5.41) is 0. The molecule has 1 unspecified atom stereocenters. The van der Waals surface area contributed by atoms with Crippen LogP contribution in [0, 0.1) is 0 Å². The highest BCUT2D eigenvalue weighted by molar-refractivity contribution is 5.71. The van der Waals surface area contributed by atoms with E-state index in [4.69, 9.17) is 14.2 Å². The third-order valence-corrected chi connectivity index (χ3v) is 8.26. The van der Waals surface area contributed by atoms with E-state index in [1.807, 2.05) is 97.2 Å². The van der Waals surface area contributed by atoms with Gasteiger partial charge in [-0.25, -0.2) is 0 Å². The Morgan fingerprint density at radius 1 is 0.356 bits per heavy atom. The van der Waals surface area contributed by atoms with Crippen LogP contribution < -0.4 is 0 Å². The van der Waals surface area contributed by atoms with Crippen molar-refractivity contribution in [1.82, 2.24) is 0 Å². The third kappa shape index (κ3) is 44.0. The van der Waals surface area contributed by atoms with Crippen LogP contribution in [0.1, 0.15) is 136 Å². The van der Waals surface area contributed by atoms with Gasteiger partial charge in [-0.2, -0.15) is 0 Å². The van der Waals surface area contributed by atoms with E-state index in [1.165, 1.54) is 0 Å².